The van der Waals surface area contributed by atoms with Crippen LogP contribution in [0.25, 0.3) is 0 Å². The number of ether oxygens (including phenoxy) is 2. The number of rotatable bonds is 15. The highest BCUT2D eigenvalue weighted by atomic mass is 16.5. The van der Waals surface area contributed by atoms with Gasteiger partial charge in [0.1, 0.15) is 12.6 Å². The van der Waals surface area contributed by atoms with Crippen LogP contribution in [0.2, 0.25) is 0 Å². The first kappa shape index (κ1) is 25.4. The highest BCUT2D eigenvalue weighted by Crippen LogP contribution is 2.03. The third-order valence-corrected chi connectivity index (χ3v) is 4.42. The lowest BCUT2D eigenvalue weighted by atomic mass is 10.1. The minimum atomic E-state index is -0.593. The molecule has 8 nitrogen and oxygen atoms in total. The first-order chi connectivity index (χ1) is 14.5. The number of nitrogens with two attached hydrogens (primary N) is 1. The average molecular weight is 422 g/mol. The van der Waals surface area contributed by atoms with Gasteiger partial charge in [-0.2, -0.15) is 0 Å². The van der Waals surface area contributed by atoms with Gasteiger partial charge in [0.2, 0.25) is 5.91 Å². The van der Waals surface area contributed by atoms with Crippen LogP contribution >= 0.6 is 0 Å². The molecule has 0 radical (unpaired) electrons. The van der Waals surface area contributed by atoms with Crippen LogP contribution in [-0.4, -0.2) is 43.7 Å². The Hall–Kier alpha value is -2.61. The molecule has 0 bridgehead atoms. The molecule has 0 heterocycles. The summed E-state index contributed by atoms with van der Waals surface area (Å²) >= 11 is 0. The van der Waals surface area contributed by atoms with Crippen LogP contribution in [0.4, 0.5) is 4.79 Å². The lowest BCUT2D eigenvalue weighted by Crippen LogP contribution is -2.32. The van der Waals surface area contributed by atoms with Crippen LogP contribution < -0.4 is 16.4 Å². The highest BCUT2D eigenvalue weighted by molar-refractivity contribution is 5.76. The van der Waals surface area contributed by atoms with Gasteiger partial charge in [-0.25, -0.2) is 4.79 Å². The number of nitrogens with one attached hydrogen (secondary N) is 2. The number of carbonyl (C=O) groups excluding carboxylic acids is 3. The van der Waals surface area contributed by atoms with E-state index in [0.717, 1.165) is 37.7 Å². The summed E-state index contributed by atoms with van der Waals surface area (Å²) in [6.07, 6.45) is 4.51. The maximum Gasteiger partial charge on any atom is 0.407 e. The van der Waals surface area contributed by atoms with Gasteiger partial charge in [0.25, 0.3) is 0 Å². The van der Waals surface area contributed by atoms with Gasteiger partial charge >= 0.3 is 12.1 Å². The van der Waals surface area contributed by atoms with Gasteiger partial charge in [-0.05, 0) is 44.6 Å². The van der Waals surface area contributed by atoms with Crippen LogP contribution in [0.3, 0.4) is 0 Å². The Morgan fingerprint density at radius 3 is 2.37 bits per heavy atom. The molecule has 0 spiro atoms. The Balaban J connectivity index is 1.92. The number of hydrogen-bond donors (Lipinski definition) is 3. The van der Waals surface area contributed by atoms with E-state index >= 15 is 0 Å². The first-order valence-electron chi connectivity index (χ1n) is 10.7. The van der Waals surface area contributed by atoms with Crippen molar-refractivity contribution in [2.45, 2.75) is 64.5 Å². The lowest BCUT2D eigenvalue weighted by Gasteiger charge is -2.10. The molecule has 168 valence electrons. The van der Waals surface area contributed by atoms with E-state index in [1.807, 2.05) is 30.3 Å². The second kappa shape index (κ2) is 16.2. The maximum atomic E-state index is 11.8. The summed E-state index contributed by atoms with van der Waals surface area (Å²) in [6.45, 7) is 3.43. The number of benzene rings is 1. The number of esters is 1. The fourth-order valence-electron chi connectivity index (χ4n) is 2.72. The molecule has 8 heteroatoms. The van der Waals surface area contributed by atoms with Crippen molar-refractivity contribution in [2.24, 2.45) is 5.73 Å². The summed E-state index contributed by atoms with van der Waals surface area (Å²) in [4.78, 5) is 34.8. The highest BCUT2D eigenvalue weighted by Gasteiger charge is 2.13. The summed E-state index contributed by atoms with van der Waals surface area (Å²) in [6, 6.07) is 8.91. The fraction of sp³-hybridized carbons (Fsp3) is 0.591. The molecule has 0 unspecified atom stereocenters. The molecule has 1 rings (SSSR count). The van der Waals surface area contributed by atoms with E-state index in [0.29, 0.717) is 32.5 Å². The van der Waals surface area contributed by atoms with E-state index in [9.17, 15) is 14.4 Å². The molecule has 0 aliphatic rings. The van der Waals surface area contributed by atoms with Crippen LogP contribution in [0, 0.1) is 0 Å². The van der Waals surface area contributed by atoms with E-state index in [4.69, 9.17) is 15.2 Å². The molecular formula is C22H35N3O5. The molecule has 30 heavy (non-hydrogen) atoms. The molecule has 0 fully saturated rings. The van der Waals surface area contributed by atoms with Gasteiger partial charge in [0, 0.05) is 19.5 Å². The Labute approximate surface area is 178 Å². The van der Waals surface area contributed by atoms with Gasteiger partial charge in [-0.15, -0.1) is 0 Å². The Morgan fingerprint density at radius 1 is 0.933 bits per heavy atom. The molecule has 0 aliphatic carbocycles. The normalized spacial score (nSPS) is 11.4. The Bertz CT molecular complexity index is 624. The molecule has 1 aromatic carbocycles. The van der Waals surface area contributed by atoms with Crippen molar-refractivity contribution in [1.82, 2.24) is 10.6 Å². The van der Waals surface area contributed by atoms with Gasteiger partial charge < -0.3 is 25.8 Å². The minimum absolute atomic E-state index is 0.0138. The summed E-state index contributed by atoms with van der Waals surface area (Å²) in [5.74, 6) is -0.361. The topological polar surface area (TPSA) is 120 Å². The minimum Gasteiger partial charge on any atom is -0.465 e. The van der Waals surface area contributed by atoms with Crippen LogP contribution in [0.5, 0.6) is 0 Å². The Morgan fingerprint density at radius 2 is 1.63 bits per heavy atom. The van der Waals surface area contributed by atoms with Gasteiger partial charge in [0.15, 0.2) is 0 Å². The first-order valence-corrected chi connectivity index (χ1v) is 10.7. The molecule has 1 aromatic rings. The monoisotopic (exact) mass is 421 g/mol. The Kier molecular flexibility index (Phi) is 13.7. The van der Waals surface area contributed by atoms with Crippen LogP contribution in [-0.2, 0) is 25.7 Å². The number of carbonyl (C=O) groups is 3. The van der Waals surface area contributed by atoms with E-state index in [1.54, 1.807) is 6.92 Å². The zero-order valence-corrected chi connectivity index (χ0v) is 17.9. The standard InChI is InChI=1S/C22H35N3O5/c1-2-29-21(27)19(23)13-8-10-15-24-20(26)14-7-4-9-16-25-22(28)30-17-18-11-5-3-6-12-18/h3,5-6,11-12,19H,2,4,7-10,13-17,23H2,1H3,(H,24,26)(H,25,28)/t19-/m0/s1. The van der Waals surface area contributed by atoms with Crippen LogP contribution in [0.1, 0.15) is 57.4 Å². The second-order valence-electron chi connectivity index (χ2n) is 7.00. The molecule has 0 saturated heterocycles. The molecular weight excluding hydrogens is 386 g/mol. The number of unbranched alkanes of at least 4 members (excludes halogenated alkanes) is 3. The summed E-state index contributed by atoms with van der Waals surface area (Å²) in [5, 5.41) is 5.58. The summed E-state index contributed by atoms with van der Waals surface area (Å²) in [7, 11) is 0. The molecule has 0 aromatic heterocycles. The van der Waals surface area contributed by atoms with Crippen molar-refractivity contribution in [3.63, 3.8) is 0 Å². The molecule has 0 saturated carbocycles. The van der Waals surface area contributed by atoms with E-state index in [1.165, 1.54) is 0 Å². The van der Waals surface area contributed by atoms with E-state index in [2.05, 4.69) is 10.6 Å². The van der Waals surface area contributed by atoms with Crippen molar-refractivity contribution in [2.75, 3.05) is 19.7 Å². The van der Waals surface area contributed by atoms with Crippen LogP contribution in [0.15, 0.2) is 30.3 Å². The summed E-state index contributed by atoms with van der Waals surface area (Å²) in [5.41, 5.74) is 6.66. The number of amides is 2. The van der Waals surface area contributed by atoms with Gasteiger partial charge in [-0.3, -0.25) is 9.59 Å². The third kappa shape index (κ3) is 12.8. The summed E-state index contributed by atoms with van der Waals surface area (Å²) < 4.78 is 9.98. The quantitative estimate of drug-likeness (QED) is 0.296. The smallest absolute Gasteiger partial charge is 0.407 e. The second-order valence-corrected chi connectivity index (χ2v) is 7.00. The van der Waals surface area contributed by atoms with Crippen molar-refractivity contribution in [3.8, 4) is 0 Å². The fourth-order valence-corrected chi connectivity index (χ4v) is 2.72. The molecule has 2 amide bonds. The van der Waals surface area contributed by atoms with E-state index < -0.39 is 12.1 Å². The zero-order chi connectivity index (χ0) is 22.0. The predicted molar refractivity (Wildman–Crippen MR) is 115 cm³/mol. The SMILES string of the molecule is CCOC(=O)[C@@H](N)CCCCNC(=O)CCCCCNC(=O)OCc1ccccc1. The van der Waals surface area contributed by atoms with Crippen molar-refractivity contribution < 1.29 is 23.9 Å². The molecule has 1 atom stereocenters. The van der Waals surface area contributed by atoms with E-state index in [-0.39, 0.29) is 18.5 Å². The third-order valence-electron chi connectivity index (χ3n) is 4.42. The number of hydrogen-bond acceptors (Lipinski definition) is 6. The number of alkyl carbamates (subject to hydrolysis) is 1. The van der Waals surface area contributed by atoms with Gasteiger partial charge in [-0.1, -0.05) is 36.8 Å². The van der Waals surface area contributed by atoms with Crippen molar-refractivity contribution in [3.05, 3.63) is 35.9 Å². The molecule has 0 aliphatic heterocycles. The maximum absolute atomic E-state index is 11.8. The van der Waals surface area contributed by atoms with Gasteiger partial charge in [0.05, 0.1) is 6.61 Å². The predicted octanol–water partition coefficient (Wildman–Crippen LogP) is 2.65. The lowest BCUT2D eigenvalue weighted by molar-refractivity contribution is -0.144. The largest absolute Gasteiger partial charge is 0.465 e. The van der Waals surface area contributed by atoms with Crippen molar-refractivity contribution in [1.29, 1.82) is 0 Å². The zero-order valence-electron chi connectivity index (χ0n) is 17.9. The van der Waals surface area contributed by atoms with Crippen molar-refractivity contribution >= 4 is 18.0 Å². The average Bonchev–Trinajstić information content (AvgIpc) is 2.75. The molecule has 4 N–H and O–H groups in total.